The first-order valence-electron chi connectivity index (χ1n) is 14.9. The Balaban J connectivity index is 1.93. The van der Waals surface area contributed by atoms with Crippen LogP contribution in [0.5, 0.6) is 0 Å². The first-order chi connectivity index (χ1) is 22.7. The highest BCUT2D eigenvalue weighted by molar-refractivity contribution is 5.69. The van der Waals surface area contributed by atoms with E-state index < -0.39 is 110 Å². The standard InChI is InChI=1S/C31H40O17/c1-15(32)39-13-23-25(43-17(3)34)27(45-19(5)36)29(46-20(6)37)31(48-23)41-14-22-24(42-16(2)33)26(44-18(4)35)28(30(38)47-22)40-12-21-10-8-7-9-11-21/h7-11,22-31,38H,12-14H2,1-6H3/t22-,23-,24-,25+,26+,27+,28-,29-,30+,31-/m1/s1. The van der Waals surface area contributed by atoms with E-state index in [9.17, 15) is 33.9 Å². The van der Waals surface area contributed by atoms with Crippen molar-refractivity contribution < 1.29 is 81.2 Å². The summed E-state index contributed by atoms with van der Waals surface area (Å²) in [7, 11) is 0. The topological polar surface area (TPSA) is 215 Å². The zero-order valence-corrected chi connectivity index (χ0v) is 27.3. The van der Waals surface area contributed by atoms with Gasteiger partial charge < -0.3 is 52.5 Å². The molecule has 48 heavy (non-hydrogen) atoms. The van der Waals surface area contributed by atoms with Gasteiger partial charge in [-0.1, -0.05) is 30.3 Å². The smallest absolute Gasteiger partial charge is 0.303 e. The van der Waals surface area contributed by atoms with Gasteiger partial charge in [-0.05, 0) is 5.56 Å². The molecule has 1 aromatic rings. The van der Waals surface area contributed by atoms with E-state index in [1.54, 1.807) is 30.3 Å². The molecule has 2 saturated heterocycles. The van der Waals surface area contributed by atoms with E-state index in [2.05, 4.69) is 0 Å². The number of carbonyl (C=O) groups is 6. The third-order valence-electron chi connectivity index (χ3n) is 6.87. The lowest BCUT2D eigenvalue weighted by Gasteiger charge is -2.46. The molecule has 0 aliphatic carbocycles. The Morgan fingerprint density at radius 2 is 1.02 bits per heavy atom. The van der Waals surface area contributed by atoms with Crippen LogP contribution in [0.2, 0.25) is 0 Å². The molecule has 17 heteroatoms. The molecule has 2 heterocycles. The predicted molar refractivity (Wildman–Crippen MR) is 155 cm³/mol. The average molecular weight is 685 g/mol. The maximum absolute atomic E-state index is 12.2. The van der Waals surface area contributed by atoms with Gasteiger partial charge in [0.1, 0.15) is 24.9 Å². The lowest BCUT2D eigenvalue weighted by Crippen LogP contribution is -2.64. The van der Waals surface area contributed by atoms with Crippen molar-refractivity contribution >= 4 is 35.8 Å². The van der Waals surface area contributed by atoms with Gasteiger partial charge in [0.25, 0.3) is 0 Å². The third kappa shape index (κ3) is 11.2. The molecule has 3 rings (SSSR count). The Labute approximate surface area is 275 Å². The number of aliphatic hydroxyl groups is 1. The summed E-state index contributed by atoms with van der Waals surface area (Å²) in [6, 6.07) is 8.89. The molecule has 10 atom stereocenters. The van der Waals surface area contributed by atoms with Gasteiger partial charge in [0.05, 0.1) is 13.2 Å². The summed E-state index contributed by atoms with van der Waals surface area (Å²) in [6.07, 6.45) is -14.6. The van der Waals surface area contributed by atoms with Gasteiger partial charge in [0.2, 0.25) is 0 Å². The number of benzene rings is 1. The van der Waals surface area contributed by atoms with E-state index in [1.165, 1.54) is 0 Å². The first kappa shape index (κ1) is 38.3. The van der Waals surface area contributed by atoms with Crippen molar-refractivity contribution in [2.75, 3.05) is 13.2 Å². The van der Waals surface area contributed by atoms with Crippen molar-refractivity contribution in [3.05, 3.63) is 35.9 Å². The summed E-state index contributed by atoms with van der Waals surface area (Å²) >= 11 is 0. The molecule has 1 N–H and O–H groups in total. The number of ether oxygens (including phenoxy) is 10. The van der Waals surface area contributed by atoms with E-state index in [4.69, 9.17) is 47.4 Å². The van der Waals surface area contributed by atoms with Gasteiger partial charge in [-0.3, -0.25) is 28.8 Å². The Hall–Kier alpha value is -4.16. The van der Waals surface area contributed by atoms with Crippen LogP contribution in [0.1, 0.15) is 47.1 Å². The molecule has 2 aliphatic rings. The van der Waals surface area contributed by atoms with Gasteiger partial charge in [-0.15, -0.1) is 0 Å². The highest BCUT2D eigenvalue weighted by atomic mass is 16.7. The van der Waals surface area contributed by atoms with Gasteiger partial charge in [-0.25, -0.2) is 0 Å². The predicted octanol–water partition coefficient (Wildman–Crippen LogP) is 0.252. The summed E-state index contributed by atoms with van der Waals surface area (Å²) in [6.45, 7) is 5.44. The normalized spacial score (nSPS) is 29.9. The van der Waals surface area contributed by atoms with Crippen molar-refractivity contribution in [2.45, 2.75) is 110 Å². The maximum Gasteiger partial charge on any atom is 0.303 e. The Morgan fingerprint density at radius 1 is 0.562 bits per heavy atom. The van der Waals surface area contributed by atoms with Gasteiger partial charge >= 0.3 is 35.8 Å². The van der Waals surface area contributed by atoms with Crippen LogP contribution >= 0.6 is 0 Å². The minimum absolute atomic E-state index is 0.0254. The van der Waals surface area contributed by atoms with Crippen LogP contribution in [0.15, 0.2) is 30.3 Å². The zero-order valence-electron chi connectivity index (χ0n) is 27.3. The fourth-order valence-corrected chi connectivity index (χ4v) is 5.15. The molecule has 2 fully saturated rings. The molecule has 2 aliphatic heterocycles. The second-order valence-corrected chi connectivity index (χ2v) is 10.9. The fraction of sp³-hybridized carbons (Fsp3) is 0.613. The summed E-state index contributed by atoms with van der Waals surface area (Å²) in [4.78, 5) is 72.2. The molecular weight excluding hydrogens is 644 g/mol. The molecule has 0 radical (unpaired) electrons. The van der Waals surface area contributed by atoms with Crippen LogP contribution in [0, 0.1) is 0 Å². The lowest BCUT2D eigenvalue weighted by atomic mass is 9.97. The average Bonchev–Trinajstić information content (AvgIpc) is 2.98. The largest absolute Gasteiger partial charge is 0.463 e. The molecule has 0 bridgehead atoms. The monoisotopic (exact) mass is 684 g/mol. The first-order valence-corrected chi connectivity index (χ1v) is 14.9. The number of carbonyl (C=O) groups excluding carboxylic acids is 6. The molecule has 0 unspecified atom stereocenters. The number of esters is 6. The summed E-state index contributed by atoms with van der Waals surface area (Å²) in [5.41, 5.74) is 0.726. The van der Waals surface area contributed by atoms with Crippen LogP contribution in [0.25, 0.3) is 0 Å². The molecule has 0 aromatic heterocycles. The maximum atomic E-state index is 12.2. The highest BCUT2D eigenvalue weighted by Crippen LogP contribution is 2.32. The van der Waals surface area contributed by atoms with Crippen LogP contribution in [0.3, 0.4) is 0 Å². The fourth-order valence-electron chi connectivity index (χ4n) is 5.15. The summed E-state index contributed by atoms with van der Waals surface area (Å²) < 4.78 is 55.6. The quantitative estimate of drug-likeness (QED) is 0.218. The van der Waals surface area contributed by atoms with Crippen molar-refractivity contribution in [2.24, 2.45) is 0 Å². The number of hydrogen-bond donors (Lipinski definition) is 1. The van der Waals surface area contributed by atoms with Gasteiger partial charge in [0, 0.05) is 41.5 Å². The van der Waals surface area contributed by atoms with Gasteiger partial charge in [0.15, 0.2) is 43.1 Å². The van der Waals surface area contributed by atoms with Crippen LogP contribution in [-0.2, 0) is 82.7 Å². The van der Waals surface area contributed by atoms with Crippen molar-refractivity contribution in [3.63, 3.8) is 0 Å². The van der Waals surface area contributed by atoms with E-state index in [1.807, 2.05) is 0 Å². The number of hydrogen-bond acceptors (Lipinski definition) is 17. The summed E-state index contributed by atoms with van der Waals surface area (Å²) in [5, 5.41) is 11.0. The number of rotatable bonds is 13. The molecule has 1 aromatic carbocycles. The van der Waals surface area contributed by atoms with Crippen molar-refractivity contribution in [1.82, 2.24) is 0 Å². The van der Waals surface area contributed by atoms with E-state index in [-0.39, 0.29) is 6.61 Å². The molecular formula is C31H40O17. The molecule has 266 valence electrons. The minimum atomic E-state index is -1.73. The van der Waals surface area contributed by atoms with Crippen LogP contribution < -0.4 is 0 Å². The Bertz CT molecular complexity index is 1280. The lowest BCUT2D eigenvalue weighted by molar-refractivity contribution is -0.333. The summed E-state index contributed by atoms with van der Waals surface area (Å²) in [5.74, 6) is -4.80. The Morgan fingerprint density at radius 3 is 1.52 bits per heavy atom. The molecule has 0 amide bonds. The zero-order chi connectivity index (χ0) is 35.5. The number of aliphatic hydroxyl groups excluding tert-OH is 1. The molecule has 17 nitrogen and oxygen atoms in total. The minimum Gasteiger partial charge on any atom is -0.463 e. The second-order valence-electron chi connectivity index (χ2n) is 10.9. The van der Waals surface area contributed by atoms with Crippen LogP contribution in [0.4, 0.5) is 0 Å². The highest BCUT2D eigenvalue weighted by Gasteiger charge is 2.54. The van der Waals surface area contributed by atoms with Crippen LogP contribution in [-0.4, -0.2) is 116 Å². The van der Waals surface area contributed by atoms with E-state index >= 15 is 0 Å². The van der Waals surface area contributed by atoms with Gasteiger partial charge in [-0.2, -0.15) is 0 Å². The third-order valence-corrected chi connectivity index (χ3v) is 6.87. The Kier molecular flexibility index (Phi) is 14.2. The second kappa shape index (κ2) is 17.8. The van der Waals surface area contributed by atoms with Crippen molar-refractivity contribution in [1.29, 1.82) is 0 Å². The van der Waals surface area contributed by atoms with E-state index in [0.717, 1.165) is 47.1 Å². The SMILES string of the molecule is CC(=O)OC[C@H]1O[C@@H](OC[C@H]2O[C@H](O)[C@H](OCc3ccccc3)[C@@H](OC(C)=O)[C@@H]2OC(C)=O)[C@H](OC(C)=O)[C@@H](OC(C)=O)[C@H]1OC(C)=O. The molecule has 0 spiro atoms. The van der Waals surface area contributed by atoms with E-state index in [0.29, 0.717) is 0 Å². The van der Waals surface area contributed by atoms with Crippen molar-refractivity contribution in [3.8, 4) is 0 Å². The molecule has 0 saturated carbocycles.